The van der Waals surface area contributed by atoms with E-state index in [0.717, 1.165) is 61.4 Å². The van der Waals surface area contributed by atoms with Crippen molar-refractivity contribution in [3.8, 4) is 5.75 Å². The second-order valence-electron chi connectivity index (χ2n) is 11.3. The van der Waals surface area contributed by atoms with Gasteiger partial charge in [-0.3, -0.25) is 4.79 Å². The van der Waals surface area contributed by atoms with Crippen LogP contribution in [-0.4, -0.2) is 54.1 Å². The molecule has 1 saturated heterocycles. The number of fused-ring (bicyclic) bond motifs is 1. The molecule has 2 aliphatic rings. The first kappa shape index (κ1) is 28.0. The Morgan fingerprint density at radius 2 is 1.76 bits per heavy atom. The maximum atomic E-state index is 13.5. The predicted molar refractivity (Wildman–Crippen MR) is 167 cm³/mol. The number of para-hydroxylation sites is 1. The third-order valence-electron chi connectivity index (χ3n) is 8.41. The number of carbonyl (C=O) groups excluding carboxylic acids is 1. The molecule has 4 N–H and O–H groups in total. The van der Waals surface area contributed by atoms with Crippen molar-refractivity contribution >= 4 is 22.6 Å². The van der Waals surface area contributed by atoms with Crippen molar-refractivity contribution in [2.45, 2.75) is 50.9 Å². The number of nitrogens with one attached hydrogen (secondary N) is 4. The fourth-order valence-corrected chi connectivity index (χ4v) is 5.99. The molecule has 0 saturated carbocycles. The van der Waals surface area contributed by atoms with Gasteiger partial charge >= 0.3 is 0 Å². The lowest BCUT2D eigenvalue weighted by Gasteiger charge is -2.27. The molecule has 1 amide bonds. The van der Waals surface area contributed by atoms with Crippen molar-refractivity contribution < 1.29 is 9.53 Å². The zero-order valence-corrected chi connectivity index (χ0v) is 24.2. The largest absolute Gasteiger partial charge is 0.497 e. The van der Waals surface area contributed by atoms with E-state index >= 15 is 0 Å². The lowest BCUT2D eigenvalue weighted by Crippen LogP contribution is -2.52. The van der Waals surface area contributed by atoms with Crippen molar-refractivity contribution in [2.75, 3.05) is 20.2 Å². The Hall–Kier alpha value is -4.14. The van der Waals surface area contributed by atoms with Gasteiger partial charge in [-0.05, 0) is 73.7 Å². The van der Waals surface area contributed by atoms with E-state index in [0.29, 0.717) is 13.0 Å². The fourth-order valence-electron chi connectivity index (χ4n) is 5.99. The van der Waals surface area contributed by atoms with Gasteiger partial charge in [-0.25, -0.2) is 4.99 Å². The number of aromatic amines is 1. The van der Waals surface area contributed by atoms with E-state index < -0.39 is 0 Å². The summed E-state index contributed by atoms with van der Waals surface area (Å²) in [6.07, 6.45) is 6.13. The number of hydrazine groups is 1. The Balaban J connectivity index is 1.26. The van der Waals surface area contributed by atoms with Gasteiger partial charge in [0.25, 0.3) is 0 Å². The molecule has 1 fully saturated rings. The number of hydrogen-bond donors (Lipinski definition) is 4. The average molecular weight is 565 g/mol. The highest BCUT2D eigenvalue weighted by Crippen LogP contribution is 2.24. The van der Waals surface area contributed by atoms with E-state index in [-0.39, 0.29) is 24.0 Å². The lowest BCUT2D eigenvalue weighted by molar-refractivity contribution is -0.126. The van der Waals surface area contributed by atoms with E-state index in [4.69, 9.17) is 9.73 Å². The number of ether oxygens (including phenoxy) is 1. The molecule has 4 aromatic rings. The van der Waals surface area contributed by atoms with E-state index in [9.17, 15) is 4.79 Å². The van der Waals surface area contributed by atoms with Crippen LogP contribution in [0.3, 0.4) is 0 Å². The number of hydrogen-bond acceptors (Lipinski definition) is 6. The second kappa shape index (κ2) is 13.2. The molecule has 2 aliphatic heterocycles. The molecule has 3 heterocycles. The minimum Gasteiger partial charge on any atom is -0.497 e. The lowest BCUT2D eigenvalue weighted by atomic mass is 9.96. The quantitative estimate of drug-likeness (QED) is 0.214. The number of amides is 1. The SMILES string of the molecule is COc1ccc(CN2NC([C@@H](Cc3c[nH]c4ccccc34)NC(=O)C3CCNCC3)=NC2CCc2ccccc2)cc1. The summed E-state index contributed by atoms with van der Waals surface area (Å²) in [6.45, 7) is 2.43. The average Bonchev–Trinajstić information content (AvgIpc) is 3.64. The van der Waals surface area contributed by atoms with Crippen LogP contribution in [0.25, 0.3) is 10.9 Å². The first-order valence-corrected chi connectivity index (χ1v) is 15.0. The number of aryl methyl sites for hydroxylation is 1. The molecule has 0 bridgehead atoms. The van der Waals surface area contributed by atoms with Gasteiger partial charge in [0.15, 0.2) is 0 Å². The van der Waals surface area contributed by atoms with Crippen LogP contribution in [0.4, 0.5) is 0 Å². The van der Waals surface area contributed by atoms with Crippen molar-refractivity contribution in [1.29, 1.82) is 0 Å². The number of nitrogens with zero attached hydrogens (tertiary/aromatic N) is 2. The number of aromatic nitrogens is 1. The highest BCUT2D eigenvalue weighted by Gasteiger charge is 2.33. The van der Waals surface area contributed by atoms with Crippen molar-refractivity contribution in [1.82, 2.24) is 26.1 Å². The zero-order valence-electron chi connectivity index (χ0n) is 24.2. The third-order valence-corrected chi connectivity index (χ3v) is 8.41. The van der Waals surface area contributed by atoms with Crippen molar-refractivity contribution in [2.24, 2.45) is 10.9 Å². The molecular weight excluding hydrogens is 524 g/mol. The molecular formula is C34H40N6O2. The first-order chi connectivity index (χ1) is 20.7. The summed E-state index contributed by atoms with van der Waals surface area (Å²) in [4.78, 5) is 22.2. The van der Waals surface area contributed by atoms with Crippen LogP contribution in [0, 0.1) is 5.92 Å². The summed E-state index contributed by atoms with van der Waals surface area (Å²) in [5, 5.41) is 10.2. The Labute approximate surface area is 247 Å². The van der Waals surface area contributed by atoms with E-state index in [2.05, 4.69) is 86.8 Å². The third kappa shape index (κ3) is 6.66. The van der Waals surface area contributed by atoms with Gasteiger partial charge in [-0.15, -0.1) is 0 Å². The molecule has 0 radical (unpaired) electrons. The van der Waals surface area contributed by atoms with E-state index in [1.54, 1.807) is 7.11 Å². The minimum absolute atomic E-state index is 0.0167. The summed E-state index contributed by atoms with van der Waals surface area (Å²) in [5.41, 5.74) is 8.36. The zero-order chi connectivity index (χ0) is 28.7. The van der Waals surface area contributed by atoms with Gasteiger partial charge in [0.05, 0.1) is 13.2 Å². The van der Waals surface area contributed by atoms with Gasteiger partial charge < -0.3 is 25.8 Å². The van der Waals surface area contributed by atoms with Crippen molar-refractivity contribution in [3.63, 3.8) is 0 Å². The smallest absolute Gasteiger partial charge is 0.223 e. The maximum absolute atomic E-state index is 13.5. The van der Waals surface area contributed by atoms with Crippen molar-refractivity contribution in [3.05, 3.63) is 102 Å². The van der Waals surface area contributed by atoms with Gasteiger partial charge in [-0.1, -0.05) is 60.7 Å². The Morgan fingerprint density at radius 1 is 1.00 bits per heavy atom. The number of methoxy groups -OCH3 is 1. The molecule has 8 nitrogen and oxygen atoms in total. The summed E-state index contributed by atoms with van der Waals surface area (Å²) >= 11 is 0. The Kier molecular flexibility index (Phi) is 8.82. The minimum atomic E-state index is -0.272. The van der Waals surface area contributed by atoms with Crippen LogP contribution in [0.15, 0.2) is 90.1 Å². The van der Waals surface area contributed by atoms with Gasteiger partial charge in [0.2, 0.25) is 5.91 Å². The van der Waals surface area contributed by atoms with E-state index in [1.165, 1.54) is 16.5 Å². The number of aliphatic imine (C=N–C) groups is 1. The molecule has 0 aliphatic carbocycles. The maximum Gasteiger partial charge on any atom is 0.223 e. The van der Waals surface area contributed by atoms with Gasteiger partial charge in [0, 0.05) is 36.0 Å². The van der Waals surface area contributed by atoms with Crippen LogP contribution >= 0.6 is 0 Å². The summed E-state index contributed by atoms with van der Waals surface area (Å²) in [6, 6.07) is 26.8. The number of benzene rings is 3. The molecule has 42 heavy (non-hydrogen) atoms. The van der Waals surface area contributed by atoms with E-state index in [1.807, 2.05) is 24.3 Å². The number of piperidine rings is 1. The van der Waals surface area contributed by atoms with Crippen LogP contribution in [-0.2, 0) is 24.2 Å². The molecule has 218 valence electrons. The number of H-pyrrole nitrogens is 1. The molecule has 0 spiro atoms. The monoisotopic (exact) mass is 564 g/mol. The standard InChI is InChI=1S/C34H40N6O2/c1-42-28-14-11-25(12-15-28)23-40-32(16-13-24-7-3-2-4-8-24)38-33(39-40)31(37-34(41)26-17-19-35-20-18-26)21-27-22-36-30-10-6-5-9-29(27)30/h2-12,14-15,22,26,31-32,35-36H,13,16-21,23H2,1H3,(H,37,41)(H,38,39)/t31-,32?/m1/s1. The number of amidine groups is 1. The molecule has 2 atom stereocenters. The highest BCUT2D eigenvalue weighted by atomic mass is 16.5. The molecule has 6 rings (SSSR count). The summed E-state index contributed by atoms with van der Waals surface area (Å²) in [7, 11) is 1.68. The van der Waals surface area contributed by atoms with Crippen LogP contribution in [0.1, 0.15) is 36.0 Å². The molecule has 1 unspecified atom stereocenters. The number of rotatable bonds is 11. The Morgan fingerprint density at radius 3 is 2.55 bits per heavy atom. The molecule has 8 heteroatoms. The normalized spacial score (nSPS) is 18.4. The number of carbonyl (C=O) groups is 1. The van der Waals surface area contributed by atoms with Crippen LogP contribution < -0.4 is 20.8 Å². The summed E-state index contributed by atoms with van der Waals surface area (Å²) < 4.78 is 5.37. The molecule has 1 aromatic heterocycles. The fraction of sp³-hybridized carbons (Fsp3) is 0.353. The first-order valence-electron chi connectivity index (χ1n) is 15.0. The highest BCUT2D eigenvalue weighted by molar-refractivity contribution is 5.94. The van der Waals surface area contributed by atoms with Crippen LogP contribution in [0.2, 0.25) is 0 Å². The predicted octanol–water partition coefficient (Wildman–Crippen LogP) is 4.58. The second-order valence-corrected chi connectivity index (χ2v) is 11.3. The van der Waals surface area contributed by atoms with Crippen LogP contribution in [0.5, 0.6) is 5.75 Å². The Bertz CT molecular complexity index is 1490. The topological polar surface area (TPSA) is 93.8 Å². The van der Waals surface area contributed by atoms with Gasteiger partial charge in [-0.2, -0.15) is 5.01 Å². The summed E-state index contributed by atoms with van der Waals surface area (Å²) in [5.74, 6) is 1.78. The van der Waals surface area contributed by atoms with Gasteiger partial charge in [0.1, 0.15) is 17.8 Å². The molecule has 3 aromatic carbocycles.